The molecule has 4 bridgehead atoms. The van der Waals surface area contributed by atoms with E-state index in [0.29, 0.717) is 34.0 Å². The maximum absolute atomic E-state index is 13.7. The van der Waals surface area contributed by atoms with Crippen LogP contribution in [0.1, 0.15) is 49.8 Å². The van der Waals surface area contributed by atoms with Gasteiger partial charge in [-0.1, -0.05) is 23.7 Å². The van der Waals surface area contributed by atoms with Crippen LogP contribution in [0.3, 0.4) is 0 Å². The number of rotatable bonds is 5. The number of carbonyl (C=O) groups excluding carboxylic acids is 1. The Kier molecular flexibility index (Phi) is 4.96. The second-order valence-electron chi connectivity index (χ2n) is 10.3. The van der Waals surface area contributed by atoms with Gasteiger partial charge in [-0.05, 0) is 90.9 Å². The first-order valence-electron chi connectivity index (χ1n) is 11.5. The predicted octanol–water partition coefficient (Wildman–Crippen LogP) is 5.18. The van der Waals surface area contributed by atoms with Gasteiger partial charge in [-0.2, -0.15) is 5.10 Å². The lowest BCUT2D eigenvalue weighted by Gasteiger charge is -2.60. The third kappa shape index (κ3) is 3.71. The van der Waals surface area contributed by atoms with Gasteiger partial charge in [-0.25, -0.2) is 9.67 Å². The number of hydrogen-bond donors (Lipinski definition) is 1. The summed E-state index contributed by atoms with van der Waals surface area (Å²) in [6, 6.07) is 9.73. The van der Waals surface area contributed by atoms with Gasteiger partial charge in [0.2, 0.25) is 10.6 Å². The molecule has 7 nitrogen and oxygen atoms in total. The number of benzene rings is 1. The number of carbonyl (C=O) groups is 1. The van der Waals surface area contributed by atoms with Crippen molar-refractivity contribution in [2.45, 2.75) is 57.5 Å². The largest absolute Gasteiger partial charge is 0.309 e. The third-order valence-electron chi connectivity index (χ3n) is 7.91. The molecule has 4 fully saturated rings. The summed E-state index contributed by atoms with van der Waals surface area (Å²) in [5, 5.41) is 13.2. The average molecular weight is 530 g/mol. The molecule has 1 amide bonds. The van der Waals surface area contributed by atoms with Crippen molar-refractivity contribution < 1.29 is 4.79 Å². The van der Waals surface area contributed by atoms with Gasteiger partial charge in [0.05, 0.1) is 17.5 Å². The molecule has 0 saturated heterocycles. The first kappa shape index (κ1) is 21.4. The Balaban J connectivity index is 1.24. The van der Waals surface area contributed by atoms with Gasteiger partial charge in [-0.15, -0.1) is 5.10 Å². The smallest absolute Gasteiger partial charge is 0.231 e. The maximum atomic E-state index is 13.7. The highest BCUT2D eigenvalue weighted by molar-refractivity contribution is 9.10. The van der Waals surface area contributed by atoms with Crippen molar-refractivity contribution in [3.63, 3.8) is 0 Å². The van der Waals surface area contributed by atoms with Gasteiger partial charge in [0.15, 0.2) is 5.82 Å². The molecular weight excluding hydrogens is 504 g/mol. The van der Waals surface area contributed by atoms with E-state index in [1.165, 1.54) is 6.42 Å². The molecule has 7 rings (SSSR count). The SMILES string of the molecule is Cc1cc(NC(=O)C23CC4CC(C2)CC(n2cnc(Br)n2)(C4)C3)nn1Cc1cccc(Cl)c1. The quantitative estimate of drug-likeness (QED) is 0.494. The van der Waals surface area contributed by atoms with Gasteiger partial charge < -0.3 is 5.32 Å². The van der Waals surface area contributed by atoms with Crippen molar-refractivity contribution in [1.82, 2.24) is 24.5 Å². The van der Waals surface area contributed by atoms with E-state index in [9.17, 15) is 4.79 Å². The van der Waals surface area contributed by atoms with Gasteiger partial charge in [0.1, 0.15) is 6.33 Å². The summed E-state index contributed by atoms with van der Waals surface area (Å²) in [6.07, 6.45) is 7.94. The van der Waals surface area contributed by atoms with Crippen molar-refractivity contribution >= 4 is 39.3 Å². The summed E-state index contributed by atoms with van der Waals surface area (Å²) >= 11 is 9.53. The summed E-state index contributed by atoms with van der Waals surface area (Å²) in [6.45, 7) is 2.62. The van der Waals surface area contributed by atoms with Crippen LogP contribution < -0.4 is 5.32 Å². The average Bonchev–Trinajstić information content (AvgIpc) is 3.33. The van der Waals surface area contributed by atoms with Crippen LogP contribution in [0.2, 0.25) is 5.02 Å². The van der Waals surface area contributed by atoms with Crippen LogP contribution in [-0.2, 0) is 16.9 Å². The third-order valence-corrected chi connectivity index (χ3v) is 8.50. The topological polar surface area (TPSA) is 77.6 Å². The fraction of sp³-hybridized carbons (Fsp3) is 0.500. The lowest BCUT2D eigenvalue weighted by Crippen LogP contribution is -2.60. The van der Waals surface area contributed by atoms with Gasteiger partial charge in [-0.3, -0.25) is 9.48 Å². The van der Waals surface area contributed by atoms with Gasteiger partial charge in [0, 0.05) is 16.8 Å². The molecular formula is C24H26BrClN6O. The highest BCUT2D eigenvalue weighted by atomic mass is 79.9. The number of anilines is 1. The van der Waals surface area contributed by atoms with Crippen LogP contribution in [0.5, 0.6) is 0 Å². The number of nitrogens with zero attached hydrogens (tertiary/aromatic N) is 5. The van der Waals surface area contributed by atoms with E-state index in [1.807, 2.05) is 52.9 Å². The van der Waals surface area contributed by atoms with Crippen LogP contribution in [0.15, 0.2) is 41.4 Å². The van der Waals surface area contributed by atoms with Crippen molar-refractivity contribution in [2.24, 2.45) is 17.3 Å². The molecule has 1 aromatic carbocycles. The molecule has 33 heavy (non-hydrogen) atoms. The molecule has 3 aromatic rings. The fourth-order valence-corrected chi connectivity index (χ4v) is 7.48. The molecule has 4 aliphatic carbocycles. The number of halogens is 2. The number of hydrogen-bond acceptors (Lipinski definition) is 4. The highest BCUT2D eigenvalue weighted by Gasteiger charge is 2.61. The summed E-state index contributed by atoms with van der Waals surface area (Å²) < 4.78 is 4.55. The zero-order chi connectivity index (χ0) is 22.8. The molecule has 0 aliphatic heterocycles. The van der Waals surface area contributed by atoms with E-state index in [-0.39, 0.29) is 16.9 Å². The number of amides is 1. The second kappa shape index (κ2) is 7.67. The Hall–Kier alpha value is -2.19. The van der Waals surface area contributed by atoms with Crippen LogP contribution in [0.25, 0.3) is 0 Å². The van der Waals surface area contributed by atoms with E-state index in [2.05, 4.69) is 36.4 Å². The Bertz CT molecular complexity index is 1220. The molecule has 172 valence electrons. The Morgan fingerprint density at radius 3 is 2.70 bits per heavy atom. The van der Waals surface area contributed by atoms with E-state index >= 15 is 0 Å². The first-order chi connectivity index (χ1) is 15.8. The van der Waals surface area contributed by atoms with E-state index in [1.54, 1.807) is 0 Å². The molecule has 0 radical (unpaired) electrons. The van der Waals surface area contributed by atoms with E-state index < -0.39 is 0 Å². The fourth-order valence-electron chi connectivity index (χ4n) is 7.01. The van der Waals surface area contributed by atoms with Crippen LogP contribution in [0, 0.1) is 24.2 Å². The maximum Gasteiger partial charge on any atom is 0.231 e. The Morgan fingerprint density at radius 1 is 1.21 bits per heavy atom. The van der Waals surface area contributed by atoms with E-state index in [4.69, 9.17) is 11.6 Å². The minimum atomic E-state index is -0.368. The lowest BCUT2D eigenvalue weighted by atomic mass is 9.46. The Labute approximate surface area is 206 Å². The molecule has 2 unspecified atom stereocenters. The molecule has 0 spiro atoms. The number of nitrogens with one attached hydrogen (secondary N) is 1. The lowest BCUT2D eigenvalue weighted by molar-refractivity contribution is -0.150. The normalized spacial score (nSPS) is 30.0. The molecule has 4 saturated carbocycles. The molecule has 4 aliphatic rings. The first-order valence-corrected chi connectivity index (χ1v) is 12.7. The van der Waals surface area contributed by atoms with Crippen molar-refractivity contribution in [3.8, 4) is 0 Å². The predicted molar refractivity (Wildman–Crippen MR) is 129 cm³/mol. The van der Waals surface area contributed by atoms with E-state index in [0.717, 1.165) is 43.4 Å². The Morgan fingerprint density at radius 2 is 2.00 bits per heavy atom. The van der Waals surface area contributed by atoms with Gasteiger partial charge >= 0.3 is 0 Å². The monoisotopic (exact) mass is 528 g/mol. The second-order valence-corrected chi connectivity index (χ2v) is 11.5. The molecule has 2 heterocycles. The highest BCUT2D eigenvalue weighted by Crippen LogP contribution is 2.64. The van der Waals surface area contributed by atoms with Crippen LogP contribution in [0.4, 0.5) is 5.82 Å². The molecule has 2 atom stereocenters. The number of aryl methyl sites for hydroxylation is 1. The summed E-state index contributed by atoms with van der Waals surface area (Å²) in [5.41, 5.74) is 1.60. The summed E-state index contributed by atoms with van der Waals surface area (Å²) in [7, 11) is 0. The minimum absolute atomic E-state index is 0.104. The molecule has 2 aromatic heterocycles. The number of aromatic nitrogens is 5. The van der Waals surface area contributed by atoms with Gasteiger partial charge in [0.25, 0.3) is 0 Å². The molecule has 9 heteroatoms. The van der Waals surface area contributed by atoms with Crippen molar-refractivity contribution in [1.29, 1.82) is 0 Å². The zero-order valence-electron chi connectivity index (χ0n) is 18.5. The van der Waals surface area contributed by atoms with Crippen molar-refractivity contribution in [3.05, 3.63) is 57.7 Å². The minimum Gasteiger partial charge on any atom is -0.309 e. The molecule has 1 N–H and O–H groups in total. The van der Waals surface area contributed by atoms with Crippen LogP contribution in [-0.4, -0.2) is 30.5 Å². The summed E-state index contributed by atoms with van der Waals surface area (Å²) in [5.74, 6) is 1.84. The van der Waals surface area contributed by atoms with Crippen molar-refractivity contribution in [2.75, 3.05) is 5.32 Å². The zero-order valence-corrected chi connectivity index (χ0v) is 20.8. The summed E-state index contributed by atoms with van der Waals surface area (Å²) in [4.78, 5) is 18.0. The standard InChI is InChI=1S/C24H26BrClN6O/c1-15-5-20(29-31(15)12-16-3-2-4-19(26)7-16)28-21(33)23-8-17-6-18(9-23)11-24(10-17,13-23)32-14-27-22(25)30-32/h2-5,7,14,17-18H,6,8-13H2,1H3,(H,28,29,33). The van der Waals surface area contributed by atoms with Crippen LogP contribution >= 0.6 is 27.5 Å².